The molecule has 20 heavy (non-hydrogen) atoms. The van der Waals surface area contributed by atoms with Gasteiger partial charge in [-0.2, -0.15) is 0 Å². The topological polar surface area (TPSA) is 52.0 Å². The van der Waals surface area contributed by atoms with Crippen LogP contribution in [0.4, 0.5) is 10.3 Å². The van der Waals surface area contributed by atoms with Crippen molar-refractivity contribution in [3.63, 3.8) is 0 Å². The molecule has 0 aliphatic heterocycles. The van der Waals surface area contributed by atoms with Crippen LogP contribution in [0.5, 0.6) is 0 Å². The summed E-state index contributed by atoms with van der Waals surface area (Å²) in [5.41, 5.74) is 10.1. The van der Waals surface area contributed by atoms with Gasteiger partial charge in [0.1, 0.15) is 11.5 Å². The lowest BCUT2D eigenvalue weighted by molar-refractivity contribution is 0.439. The van der Waals surface area contributed by atoms with Gasteiger partial charge in [0.05, 0.1) is 5.56 Å². The van der Waals surface area contributed by atoms with Crippen LogP contribution in [0.15, 0.2) is 53.1 Å². The summed E-state index contributed by atoms with van der Waals surface area (Å²) >= 11 is 0. The number of aryl methyl sites for hydroxylation is 1. The number of anilines is 1. The molecule has 0 atom stereocenters. The maximum Gasteiger partial charge on any atom is 0.230 e. The van der Waals surface area contributed by atoms with E-state index in [0.717, 1.165) is 22.3 Å². The van der Waals surface area contributed by atoms with Crippen molar-refractivity contribution in [2.45, 2.75) is 6.92 Å². The molecule has 0 amide bonds. The monoisotopic (exact) mass is 268 g/mol. The second-order valence-corrected chi connectivity index (χ2v) is 4.59. The Balaban J connectivity index is 2.20. The molecule has 1 heterocycles. The molecule has 3 nitrogen and oxygen atoms in total. The first-order valence-electron chi connectivity index (χ1n) is 6.24. The molecule has 0 bridgehead atoms. The molecule has 0 radical (unpaired) electrons. The Morgan fingerprint density at radius 3 is 2.45 bits per heavy atom. The second-order valence-electron chi connectivity index (χ2n) is 4.59. The van der Waals surface area contributed by atoms with Gasteiger partial charge in [-0.05, 0) is 42.3 Å². The van der Waals surface area contributed by atoms with E-state index in [4.69, 9.17) is 10.3 Å². The van der Waals surface area contributed by atoms with Gasteiger partial charge in [0.25, 0.3) is 0 Å². The molecule has 0 aliphatic carbocycles. The highest BCUT2D eigenvalue weighted by Gasteiger charge is 2.18. The summed E-state index contributed by atoms with van der Waals surface area (Å²) < 4.78 is 18.2. The average molecular weight is 268 g/mol. The molecule has 0 unspecified atom stereocenters. The van der Waals surface area contributed by atoms with Gasteiger partial charge in [-0.15, -0.1) is 0 Å². The fourth-order valence-corrected chi connectivity index (χ4v) is 2.22. The van der Waals surface area contributed by atoms with E-state index >= 15 is 0 Å². The molecule has 0 spiro atoms. The van der Waals surface area contributed by atoms with Crippen LogP contribution in [0.1, 0.15) is 5.56 Å². The Labute approximate surface area is 115 Å². The highest BCUT2D eigenvalue weighted by Crippen LogP contribution is 2.37. The van der Waals surface area contributed by atoms with Crippen LogP contribution in [0.25, 0.3) is 22.4 Å². The predicted octanol–water partition coefficient (Wildman–Crippen LogP) is 4.04. The maximum absolute atomic E-state index is 13.0. The molecule has 0 saturated heterocycles. The summed E-state index contributed by atoms with van der Waals surface area (Å²) in [5.74, 6) is -0.0266. The van der Waals surface area contributed by atoms with E-state index in [1.807, 2.05) is 31.2 Å². The van der Waals surface area contributed by atoms with Gasteiger partial charge in [-0.1, -0.05) is 29.4 Å². The van der Waals surface area contributed by atoms with Gasteiger partial charge in [-0.3, -0.25) is 0 Å². The highest BCUT2D eigenvalue weighted by atomic mass is 19.1. The minimum absolute atomic E-state index is 0.263. The number of halogens is 1. The van der Waals surface area contributed by atoms with Crippen molar-refractivity contribution in [1.82, 2.24) is 5.16 Å². The fraction of sp³-hybridized carbons (Fsp3) is 0.0625. The summed E-state index contributed by atoms with van der Waals surface area (Å²) in [6, 6.07) is 14.0. The van der Waals surface area contributed by atoms with Crippen LogP contribution in [0.3, 0.4) is 0 Å². The van der Waals surface area contributed by atoms with Crippen LogP contribution in [0, 0.1) is 12.7 Å². The zero-order valence-electron chi connectivity index (χ0n) is 10.9. The van der Waals surface area contributed by atoms with Crippen LogP contribution in [-0.2, 0) is 0 Å². The Hall–Kier alpha value is -2.62. The van der Waals surface area contributed by atoms with E-state index in [1.165, 1.54) is 12.1 Å². The van der Waals surface area contributed by atoms with Crippen LogP contribution < -0.4 is 5.73 Å². The van der Waals surface area contributed by atoms with Crippen molar-refractivity contribution in [2.24, 2.45) is 0 Å². The smallest absolute Gasteiger partial charge is 0.230 e. The van der Waals surface area contributed by atoms with E-state index in [0.29, 0.717) is 5.69 Å². The third-order valence-corrected chi connectivity index (χ3v) is 3.25. The van der Waals surface area contributed by atoms with E-state index < -0.39 is 0 Å². The van der Waals surface area contributed by atoms with Crippen LogP contribution in [0.2, 0.25) is 0 Å². The van der Waals surface area contributed by atoms with Crippen molar-refractivity contribution in [2.75, 3.05) is 5.73 Å². The quantitative estimate of drug-likeness (QED) is 0.763. The number of benzene rings is 2. The van der Waals surface area contributed by atoms with Gasteiger partial charge >= 0.3 is 0 Å². The Kier molecular flexibility index (Phi) is 2.99. The van der Waals surface area contributed by atoms with Crippen molar-refractivity contribution >= 4 is 5.88 Å². The number of nitrogens with two attached hydrogens (primary N) is 1. The molecule has 3 aromatic rings. The first-order valence-corrected chi connectivity index (χ1v) is 6.24. The third kappa shape index (κ3) is 2.05. The SMILES string of the molecule is Cc1ccccc1-c1c(-c2ccc(F)cc2)noc1N. The van der Waals surface area contributed by atoms with Crippen LogP contribution >= 0.6 is 0 Å². The largest absolute Gasteiger partial charge is 0.367 e. The number of hydrogen-bond acceptors (Lipinski definition) is 3. The molecule has 1 aromatic heterocycles. The van der Waals surface area contributed by atoms with Gasteiger partial charge < -0.3 is 10.3 Å². The van der Waals surface area contributed by atoms with Crippen molar-refractivity contribution in [1.29, 1.82) is 0 Å². The first kappa shape index (κ1) is 12.4. The molecule has 0 fully saturated rings. The molecule has 0 saturated carbocycles. The summed E-state index contributed by atoms with van der Waals surface area (Å²) in [4.78, 5) is 0. The standard InChI is InChI=1S/C16H13FN2O/c1-10-4-2-3-5-13(10)14-15(19-20-16(14)18)11-6-8-12(17)9-7-11/h2-9H,18H2,1H3. The Morgan fingerprint density at radius 2 is 1.75 bits per heavy atom. The molecule has 100 valence electrons. The first-order chi connectivity index (χ1) is 9.66. The lowest BCUT2D eigenvalue weighted by Gasteiger charge is -2.06. The Bertz CT molecular complexity index is 747. The predicted molar refractivity (Wildman–Crippen MR) is 76.5 cm³/mol. The maximum atomic E-state index is 13.0. The van der Waals surface area contributed by atoms with E-state index in [-0.39, 0.29) is 11.7 Å². The highest BCUT2D eigenvalue weighted by molar-refractivity contribution is 5.88. The summed E-state index contributed by atoms with van der Waals surface area (Å²) in [5, 5.41) is 4.01. The summed E-state index contributed by atoms with van der Waals surface area (Å²) in [6.45, 7) is 2.00. The zero-order chi connectivity index (χ0) is 14.1. The van der Waals surface area contributed by atoms with E-state index in [9.17, 15) is 4.39 Å². The minimum atomic E-state index is -0.289. The van der Waals surface area contributed by atoms with Crippen molar-refractivity contribution in [3.05, 3.63) is 59.9 Å². The number of nitrogens with zero attached hydrogens (tertiary/aromatic N) is 1. The van der Waals surface area contributed by atoms with Gasteiger partial charge in [0, 0.05) is 5.56 Å². The van der Waals surface area contributed by atoms with Crippen LogP contribution in [-0.4, -0.2) is 5.16 Å². The number of hydrogen-bond donors (Lipinski definition) is 1. The fourth-order valence-electron chi connectivity index (χ4n) is 2.22. The molecular weight excluding hydrogens is 255 g/mol. The summed E-state index contributed by atoms with van der Waals surface area (Å²) in [7, 11) is 0. The lowest BCUT2D eigenvalue weighted by atomic mass is 9.97. The van der Waals surface area contributed by atoms with Gasteiger partial charge in [0.15, 0.2) is 0 Å². The third-order valence-electron chi connectivity index (χ3n) is 3.25. The number of nitrogen functional groups attached to an aromatic ring is 1. The molecule has 3 rings (SSSR count). The molecule has 2 aromatic carbocycles. The minimum Gasteiger partial charge on any atom is -0.367 e. The average Bonchev–Trinajstić information content (AvgIpc) is 2.82. The zero-order valence-corrected chi connectivity index (χ0v) is 10.9. The lowest BCUT2D eigenvalue weighted by Crippen LogP contribution is -1.90. The van der Waals surface area contributed by atoms with Gasteiger partial charge in [-0.25, -0.2) is 4.39 Å². The molecule has 2 N–H and O–H groups in total. The normalized spacial score (nSPS) is 10.7. The van der Waals surface area contributed by atoms with Crippen molar-refractivity contribution < 1.29 is 8.91 Å². The second kappa shape index (κ2) is 4.81. The van der Waals surface area contributed by atoms with E-state index in [2.05, 4.69) is 5.16 Å². The molecular formula is C16H13FN2O. The molecule has 4 heteroatoms. The van der Waals surface area contributed by atoms with Gasteiger partial charge in [0.2, 0.25) is 5.88 Å². The molecule has 0 aliphatic rings. The number of aromatic nitrogens is 1. The Morgan fingerprint density at radius 1 is 1.05 bits per heavy atom. The van der Waals surface area contributed by atoms with Crippen molar-refractivity contribution in [3.8, 4) is 22.4 Å². The van der Waals surface area contributed by atoms with E-state index in [1.54, 1.807) is 12.1 Å². The number of rotatable bonds is 2. The summed E-state index contributed by atoms with van der Waals surface area (Å²) in [6.07, 6.45) is 0.